The first-order valence-corrected chi connectivity index (χ1v) is 5.60. The molecule has 0 spiro atoms. The number of nitrogens with zero attached hydrogens (tertiary/aromatic N) is 1. The molecule has 2 atom stereocenters. The molecule has 0 amide bonds. The lowest BCUT2D eigenvalue weighted by Crippen LogP contribution is -1.98. The highest BCUT2D eigenvalue weighted by Gasteiger charge is 2.60. The Morgan fingerprint density at radius 3 is 2.60 bits per heavy atom. The van der Waals surface area contributed by atoms with E-state index in [1.165, 1.54) is 0 Å². The fourth-order valence-corrected chi connectivity index (χ4v) is 2.11. The Morgan fingerprint density at radius 1 is 1.60 bits per heavy atom. The second-order valence-corrected chi connectivity index (χ2v) is 5.45. The van der Waals surface area contributed by atoms with Gasteiger partial charge in [-0.2, -0.15) is 0 Å². The zero-order chi connectivity index (χ0) is 11.6. The van der Waals surface area contributed by atoms with Gasteiger partial charge in [0.2, 0.25) is 5.24 Å². The van der Waals surface area contributed by atoms with Crippen LogP contribution in [0.2, 0.25) is 0 Å². The van der Waals surface area contributed by atoms with Crippen molar-refractivity contribution in [3.63, 3.8) is 0 Å². The Kier molecular flexibility index (Phi) is 3.77. The van der Waals surface area contributed by atoms with E-state index in [1.54, 1.807) is 6.21 Å². The number of halogens is 1. The van der Waals surface area contributed by atoms with E-state index in [0.29, 0.717) is 12.5 Å². The van der Waals surface area contributed by atoms with Crippen LogP contribution in [0.4, 0.5) is 0 Å². The molecular formula is C11H18ClNO2. The van der Waals surface area contributed by atoms with Gasteiger partial charge in [-0.1, -0.05) is 32.9 Å². The molecule has 0 saturated heterocycles. The SMILES string of the molecule is CC(C)CO/N=C/C1C(C(=O)Cl)C1(C)C. The van der Waals surface area contributed by atoms with Crippen molar-refractivity contribution in [2.24, 2.45) is 28.3 Å². The van der Waals surface area contributed by atoms with Crippen molar-refractivity contribution in [3.05, 3.63) is 0 Å². The Morgan fingerprint density at radius 2 is 2.20 bits per heavy atom. The molecule has 1 rings (SSSR count). The summed E-state index contributed by atoms with van der Waals surface area (Å²) in [5.41, 5.74) is -0.0659. The Bertz CT molecular complexity index is 274. The first kappa shape index (κ1) is 12.5. The van der Waals surface area contributed by atoms with Gasteiger partial charge in [-0.3, -0.25) is 4.79 Å². The van der Waals surface area contributed by atoms with E-state index in [-0.39, 0.29) is 22.5 Å². The topological polar surface area (TPSA) is 38.7 Å². The molecule has 0 heterocycles. The quantitative estimate of drug-likeness (QED) is 0.415. The van der Waals surface area contributed by atoms with Crippen molar-refractivity contribution in [1.29, 1.82) is 0 Å². The van der Waals surface area contributed by atoms with Crippen LogP contribution in [0.1, 0.15) is 27.7 Å². The third kappa shape index (κ3) is 2.94. The first-order chi connectivity index (χ1) is 6.87. The molecule has 1 fully saturated rings. The van der Waals surface area contributed by atoms with E-state index in [9.17, 15) is 4.79 Å². The van der Waals surface area contributed by atoms with Gasteiger partial charge in [0, 0.05) is 18.1 Å². The molecule has 0 aliphatic heterocycles. The van der Waals surface area contributed by atoms with Crippen LogP contribution in [0.5, 0.6) is 0 Å². The minimum atomic E-state index is -0.277. The van der Waals surface area contributed by atoms with Gasteiger partial charge < -0.3 is 4.84 Å². The molecule has 1 aliphatic carbocycles. The van der Waals surface area contributed by atoms with Crippen LogP contribution in [0.3, 0.4) is 0 Å². The molecule has 0 bridgehead atoms. The number of rotatable bonds is 5. The molecule has 0 N–H and O–H groups in total. The average Bonchev–Trinajstić information content (AvgIpc) is 2.62. The summed E-state index contributed by atoms with van der Waals surface area (Å²) >= 11 is 5.48. The van der Waals surface area contributed by atoms with Gasteiger partial charge in [0.1, 0.15) is 6.61 Å². The van der Waals surface area contributed by atoms with E-state index < -0.39 is 0 Å². The molecule has 2 unspecified atom stereocenters. The molecule has 0 radical (unpaired) electrons. The lowest BCUT2D eigenvalue weighted by Gasteiger charge is -2.01. The van der Waals surface area contributed by atoms with Crippen molar-refractivity contribution in [3.8, 4) is 0 Å². The van der Waals surface area contributed by atoms with Crippen LogP contribution in [0.25, 0.3) is 0 Å². The number of hydrogen-bond donors (Lipinski definition) is 0. The smallest absolute Gasteiger partial charge is 0.225 e. The summed E-state index contributed by atoms with van der Waals surface area (Å²) in [4.78, 5) is 16.1. The molecule has 1 aliphatic rings. The number of oxime groups is 1. The normalized spacial score (nSPS) is 28.4. The fourth-order valence-electron chi connectivity index (χ4n) is 1.69. The molecular weight excluding hydrogens is 214 g/mol. The predicted molar refractivity (Wildman–Crippen MR) is 60.9 cm³/mol. The van der Waals surface area contributed by atoms with Gasteiger partial charge >= 0.3 is 0 Å². The Balaban J connectivity index is 2.38. The summed E-state index contributed by atoms with van der Waals surface area (Å²) in [6.07, 6.45) is 1.70. The molecule has 1 saturated carbocycles. The van der Waals surface area contributed by atoms with Gasteiger partial charge in [-0.15, -0.1) is 0 Å². The summed E-state index contributed by atoms with van der Waals surface area (Å²) in [5, 5.41) is 3.59. The number of hydrogen-bond acceptors (Lipinski definition) is 3. The van der Waals surface area contributed by atoms with Crippen molar-refractivity contribution in [2.45, 2.75) is 27.7 Å². The minimum Gasteiger partial charge on any atom is -0.396 e. The van der Waals surface area contributed by atoms with Crippen LogP contribution in [-0.2, 0) is 9.63 Å². The van der Waals surface area contributed by atoms with Crippen LogP contribution >= 0.6 is 11.6 Å². The molecule has 0 aromatic heterocycles. The van der Waals surface area contributed by atoms with Crippen molar-refractivity contribution in [1.82, 2.24) is 0 Å². The third-order valence-corrected chi connectivity index (χ3v) is 3.09. The van der Waals surface area contributed by atoms with E-state index in [0.717, 1.165) is 0 Å². The van der Waals surface area contributed by atoms with Crippen molar-refractivity contribution < 1.29 is 9.63 Å². The minimum absolute atomic E-state index is 0.0659. The zero-order valence-electron chi connectivity index (χ0n) is 9.66. The highest BCUT2D eigenvalue weighted by Crippen LogP contribution is 2.58. The molecule has 0 aromatic rings. The molecule has 15 heavy (non-hydrogen) atoms. The van der Waals surface area contributed by atoms with Gasteiger partial charge in [0.25, 0.3) is 0 Å². The van der Waals surface area contributed by atoms with Gasteiger partial charge in [0.05, 0.1) is 0 Å². The number of carbonyl (C=O) groups is 1. The highest BCUT2D eigenvalue weighted by atomic mass is 35.5. The zero-order valence-corrected chi connectivity index (χ0v) is 10.4. The summed E-state index contributed by atoms with van der Waals surface area (Å²) in [7, 11) is 0. The van der Waals surface area contributed by atoms with E-state index in [4.69, 9.17) is 16.4 Å². The largest absolute Gasteiger partial charge is 0.396 e. The van der Waals surface area contributed by atoms with E-state index in [2.05, 4.69) is 19.0 Å². The molecule has 0 aromatic carbocycles. The highest BCUT2D eigenvalue weighted by molar-refractivity contribution is 6.64. The second kappa shape index (κ2) is 4.52. The predicted octanol–water partition coefficient (Wildman–Crippen LogP) is 2.68. The number of carbonyl (C=O) groups excluding carboxylic acids is 1. The monoisotopic (exact) mass is 231 g/mol. The van der Waals surface area contributed by atoms with Gasteiger partial charge in [-0.05, 0) is 22.9 Å². The summed E-state index contributed by atoms with van der Waals surface area (Å²) < 4.78 is 0. The second-order valence-electron chi connectivity index (χ2n) is 5.07. The third-order valence-electron chi connectivity index (χ3n) is 2.86. The maximum absolute atomic E-state index is 11.0. The standard InChI is InChI=1S/C11H18ClNO2/c1-7(2)6-15-13-5-8-9(10(12)14)11(8,3)4/h5,7-9H,6H2,1-4H3/b13-5+. The molecule has 3 nitrogen and oxygen atoms in total. The van der Waals surface area contributed by atoms with Gasteiger partial charge in [-0.25, -0.2) is 0 Å². The van der Waals surface area contributed by atoms with E-state index >= 15 is 0 Å². The Labute approximate surface area is 95.8 Å². The lowest BCUT2D eigenvalue weighted by molar-refractivity contribution is -0.113. The van der Waals surface area contributed by atoms with Crippen molar-refractivity contribution in [2.75, 3.05) is 6.61 Å². The molecule has 4 heteroatoms. The summed E-state index contributed by atoms with van der Waals surface area (Å²) in [6, 6.07) is 0. The van der Waals surface area contributed by atoms with Gasteiger partial charge in [0.15, 0.2) is 0 Å². The average molecular weight is 232 g/mol. The van der Waals surface area contributed by atoms with Crippen molar-refractivity contribution >= 4 is 23.1 Å². The summed E-state index contributed by atoms with van der Waals surface area (Å²) in [6.45, 7) is 8.74. The summed E-state index contributed by atoms with van der Waals surface area (Å²) in [5.74, 6) is 0.472. The first-order valence-electron chi connectivity index (χ1n) is 5.22. The fraction of sp³-hybridized carbons (Fsp3) is 0.818. The maximum atomic E-state index is 11.0. The Hall–Kier alpha value is -0.570. The molecule has 86 valence electrons. The van der Waals surface area contributed by atoms with Crippen LogP contribution < -0.4 is 0 Å². The van der Waals surface area contributed by atoms with Crippen LogP contribution in [0, 0.1) is 23.2 Å². The van der Waals surface area contributed by atoms with Crippen LogP contribution in [-0.4, -0.2) is 18.1 Å². The van der Waals surface area contributed by atoms with Crippen LogP contribution in [0.15, 0.2) is 5.16 Å². The van der Waals surface area contributed by atoms with E-state index in [1.807, 2.05) is 13.8 Å². The lowest BCUT2D eigenvalue weighted by atomic mass is 10.1. The maximum Gasteiger partial charge on any atom is 0.225 e.